The summed E-state index contributed by atoms with van der Waals surface area (Å²) in [6.45, 7) is 0. The standard InChI is InChI=1S/C6H6ClF2N3O2S/c7-15(13,14)3-1-2(5(8)9)4(10)6(11)12-3/h1,5H,10H2,(H2,11,12). The van der Waals surface area contributed by atoms with Gasteiger partial charge in [-0.05, 0) is 6.07 Å². The molecule has 1 heterocycles. The lowest BCUT2D eigenvalue weighted by molar-refractivity contribution is 0.152. The first-order chi connectivity index (χ1) is 6.73. The van der Waals surface area contributed by atoms with Crippen molar-refractivity contribution in [3.8, 4) is 0 Å². The van der Waals surface area contributed by atoms with Crippen molar-refractivity contribution >= 4 is 31.2 Å². The summed E-state index contributed by atoms with van der Waals surface area (Å²) in [5, 5.41) is -0.744. The van der Waals surface area contributed by atoms with Crippen LogP contribution in [0.1, 0.15) is 12.0 Å². The molecule has 1 rings (SSSR count). The molecule has 1 aromatic heterocycles. The molecular formula is C6H6ClF2N3O2S. The van der Waals surface area contributed by atoms with E-state index in [0.29, 0.717) is 6.07 Å². The van der Waals surface area contributed by atoms with Crippen LogP contribution in [0, 0.1) is 0 Å². The molecule has 84 valence electrons. The zero-order valence-corrected chi connectivity index (χ0v) is 8.69. The van der Waals surface area contributed by atoms with Gasteiger partial charge in [-0.15, -0.1) is 0 Å². The Labute approximate surface area is 88.5 Å². The molecule has 0 aliphatic carbocycles. The van der Waals surface area contributed by atoms with Gasteiger partial charge in [-0.2, -0.15) is 0 Å². The third-order valence-electron chi connectivity index (χ3n) is 1.58. The van der Waals surface area contributed by atoms with Gasteiger partial charge >= 0.3 is 0 Å². The molecule has 0 aliphatic heterocycles. The molecular weight excluding hydrogens is 252 g/mol. The van der Waals surface area contributed by atoms with Gasteiger partial charge < -0.3 is 11.5 Å². The number of hydrogen-bond donors (Lipinski definition) is 2. The predicted octanol–water partition coefficient (Wildman–Crippen LogP) is 1.11. The first-order valence-electron chi connectivity index (χ1n) is 3.52. The third kappa shape index (κ3) is 2.45. The molecule has 0 saturated heterocycles. The van der Waals surface area contributed by atoms with Gasteiger partial charge in [0.15, 0.2) is 5.03 Å². The molecule has 0 aliphatic rings. The lowest BCUT2D eigenvalue weighted by Gasteiger charge is -2.07. The van der Waals surface area contributed by atoms with Crippen LogP contribution >= 0.6 is 10.7 Å². The van der Waals surface area contributed by atoms with Crippen molar-refractivity contribution < 1.29 is 17.2 Å². The Hall–Kier alpha value is -1.15. The maximum absolute atomic E-state index is 12.4. The topological polar surface area (TPSA) is 99.1 Å². The average molecular weight is 258 g/mol. The van der Waals surface area contributed by atoms with Crippen LogP contribution in [-0.2, 0) is 9.05 Å². The molecule has 0 bridgehead atoms. The minimum absolute atomic E-state index is 0.450. The van der Waals surface area contributed by atoms with E-state index in [1.54, 1.807) is 0 Å². The Morgan fingerprint density at radius 1 is 1.40 bits per heavy atom. The number of hydrogen-bond acceptors (Lipinski definition) is 5. The summed E-state index contributed by atoms with van der Waals surface area (Å²) >= 11 is 0. The van der Waals surface area contributed by atoms with E-state index >= 15 is 0 Å². The summed E-state index contributed by atoms with van der Waals surface area (Å²) in [6, 6.07) is 0.596. The van der Waals surface area contributed by atoms with Crippen molar-refractivity contribution in [3.05, 3.63) is 11.6 Å². The fourth-order valence-electron chi connectivity index (χ4n) is 0.875. The normalized spacial score (nSPS) is 12.0. The molecule has 9 heteroatoms. The van der Waals surface area contributed by atoms with Crippen LogP contribution in [0.5, 0.6) is 0 Å². The molecule has 5 nitrogen and oxygen atoms in total. The first kappa shape index (κ1) is 11.9. The van der Waals surface area contributed by atoms with Gasteiger partial charge in [0.25, 0.3) is 15.5 Å². The van der Waals surface area contributed by atoms with E-state index in [2.05, 4.69) is 4.98 Å². The number of aromatic nitrogens is 1. The van der Waals surface area contributed by atoms with Crippen LogP contribution in [-0.4, -0.2) is 13.4 Å². The molecule has 4 N–H and O–H groups in total. The lowest BCUT2D eigenvalue weighted by atomic mass is 10.2. The molecule has 15 heavy (non-hydrogen) atoms. The molecule has 1 aromatic rings. The van der Waals surface area contributed by atoms with Gasteiger partial charge in [0, 0.05) is 16.2 Å². The number of alkyl halides is 2. The van der Waals surface area contributed by atoms with Crippen LogP contribution in [0.2, 0.25) is 0 Å². The number of nitrogen functional groups attached to an aromatic ring is 2. The second kappa shape index (κ2) is 3.78. The Bertz CT molecular complexity index is 491. The quantitative estimate of drug-likeness (QED) is 0.773. The van der Waals surface area contributed by atoms with Gasteiger partial charge in [-0.25, -0.2) is 22.2 Å². The van der Waals surface area contributed by atoms with E-state index in [1.165, 1.54) is 0 Å². The van der Waals surface area contributed by atoms with Crippen molar-refractivity contribution in [2.24, 2.45) is 0 Å². The van der Waals surface area contributed by atoms with E-state index in [4.69, 9.17) is 22.1 Å². The monoisotopic (exact) mass is 257 g/mol. The Morgan fingerprint density at radius 2 is 1.93 bits per heavy atom. The van der Waals surface area contributed by atoms with E-state index in [0.717, 1.165) is 0 Å². The van der Waals surface area contributed by atoms with Crippen LogP contribution in [0.4, 0.5) is 20.3 Å². The highest BCUT2D eigenvalue weighted by Crippen LogP contribution is 2.30. The maximum atomic E-state index is 12.4. The number of nitrogens with zero attached hydrogens (tertiary/aromatic N) is 1. The van der Waals surface area contributed by atoms with Crippen LogP contribution in [0.15, 0.2) is 11.1 Å². The first-order valence-corrected chi connectivity index (χ1v) is 5.83. The number of halogens is 3. The van der Waals surface area contributed by atoms with Gasteiger partial charge in [-0.3, -0.25) is 0 Å². The highest BCUT2D eigenvalue weighted by molar-refractivity contribution is 8.13. The van der Waals surface area contributed by atoms with E-state index < -0.39 is 37.6 Å². The second-order valence-corrected chi connectivity index (χ2v) is 5.10. The molecule has 0 saturated carbocycles. The van der Waals surface area contributed by atoms with Crippen LogP contribution < -0.4 is 11.5 Å². The number of nitrogens with two attached hydrogens (primary N) is 2. The SMILES string of the molecule is Nc1nc(S(=O)(=O)Cl)cc(C(F)F)c1N. The fourth-order valence-corrected chi connectivity index (χ4v) is 1.59. The molecule has 0 aromatic carbocycles. The van der Waals surface area contributed by atoms with E-state index in [1.807, 2.05) is 0 Å². The fraction of sp³-hybridized carbons (Fsp3) is 0.167. The Balaban J connectivity index is 3.50. The maximum Gasteiger partial charge on any atom is 0.278 e. The molecule has 0 unspecified atom stereocenters. The van der Waals surface area contributed by atoms with Crippen molar-refractivity contribution in [1.29, 1.82) is 0 Å². The lowest BCUT2D eigenvalue weighted by Crippen LogP contribution is -2.07. The van der Waals surface area contributed by atoms with Gasteiger partial charge in [0.2, 0.25) is 0 Å². The number of pyridine rings is 1. The predicted molar refractivity (Wildman–Crippen MR) is 51.1 cm³/mol. The minimum atomic E-state index is -4.21. The zero-order valence-electron chi connectivity index (χ0n) is 7.12. The largest absolute Gasteiger partial charge is 0.395 e. The highest BCUT2D eigenvalue weighted by atomic mass is 35.7. The van der Waals surface area contributed by atoms with E-state index in [9.17, 15) is 17.2 Å². The van der Waals surface area contributed by atoms with Gasteiger partial charge in [0.05, 0.1) is 5.69 Å². The summed E-state index contributed by atoms with van der Waals surface area (Å²) in [6.07, 6.45) is -2.95. The van der Waals surface area contributed by atoms with Gasteiger partial charge in [0.1, 0.15) is 5.82 Å². The van der Waals surface area contributed by atoms with Crippen molar-refractivity contribution in [2.45, 2.75) is 11.5 Å². The third-order valence-corrected chi connectivity index (χ3v) is 2.76. The van der Waals surface area contributed by atoms with Crippen LogP contribution in [0.3, 0.4) is 0 Å². The number of anilines is 2. The Kier molecular flexibility index (Phi) is 3.00. The molecule has 0 atom stereocenters. The van der Waals surface area contributed by atoms with Crippen molar-refractivity contribution in [1.82, 2.24) is 4.98 Å². The molecule has 0 amide bonds. The zero-order chi connectivity index (χ0) is 11.8. The summed E-state index contributed by atoms with van der Waals surface area (Å²) in [5.41, 5.74) is 9.20. The second-order valence-electron chi connectivity index (χ2n) is 2.59. The molecule has 0 fully saturated rings. The number of rotatable bonds is 2. The van der Waals surface area contributed by atoms with E-state index in [-0.39, 0.29) is 0 Å². The summed E-state index contributed by atoms with van der Waals surface area (Å²) in [7, 11) is 0.722. The Morgan fingerprint density at radius 3 is 2.33 bits per heavy atom. The minimum Gasteiger partial charge on any atom is -0.395 e. The van der Waals surface area contributed by atoms with Gasteiger partial charge in [-0.1, -0.05) is 0 Å². The molecule has 0 spiro atoms. The van der Waals surface area contributed by atoms with Crippen LogP contribution in [0.25, 0.3) is 0 Å². The van der Waals surface area contributed by atoms with Crippen molar-refractivity contribution in [2.75, 3.05) is 11.5 Å². The van der Waals surface area contributed by atoms with Crippen molar-refractivity contribution in [3.63, 3.8) is 0 Å². The average Bonchev–Trinajstić information content (AvgIpc) is 2.06. The summed E-state index contributed by atoms with van der Waals surface area (Å²) in [5.74, 6) is -0.493. The highest BCUT2D eigenvalue weighted by Gasteiger charge is 2.21. The smallest absolute Gasteiger partial charge is 0.278 e. The summed E-state index contributed by atoms with van der Waals surface area (Å²) in [4.78, 5) is 3.29. The summed E-state index contributed by atoms with van der Waals surface area (Å²) < 4.78 is 46.4. The molecule has 0 radical (unpaired) electrons.